The highest BCUT2D eigenvalue weighted by molar-refractivity contribution is 6.28. The molecule has 0 saturated carbocycles. The number of imidazole rings is 1. The van der Waals surface area contributed by atoms with E-state index in [4.69, 9.17) is 16.3 Å². The molecular formula is C25H26ClF3N4O4. The highest BCUT2D eigenvalue weighted by atomic mass is 35.5. The van der Waals surface area contributed by atoms with Gasteiger partial charge in [0.1, 0.15) is 18.6 Å². The van der Waals surface area contributed by atoms with Crippen LogP contribution in [-0.4, -0.2) is 45.4 Å². The Morgan fingerprint density at radius 3 is 2.35 bits per heavy atom. The molecule has 0 unspecified atom stereocenters. The van der Waals surface area contributed by atoms with Gasteiger partial charge in [0, 0.05) is 25.3 Å². The minimum atomic E-state index is -4.32. The van der Waals surface area contributed by atoms with Crippen molar-refractivity contribution < 1.29 is 27.9 Å². The van der Waals surface area contributed by atoms with Crippen LogP contribution >= 0.6 is 11.6 Å². The van der Waals surface area contributed by atoms with Crippen LogP contribution in [0.1, 0.15) is 36.3 Å². The fourth-order valence-corrected chi connectivity index (χ4v) is 4.58. The molecule has 1 aliphatic heterocycles. The van der Waals surface area contributed by atoms with Crippen molar-refractivity contribution in [1.82, 2.24) is 9.55 Å². The monoisotopic (exact) mass is 538 g/mol. The number of aliphatic hydroxyl groups is 1. The Labute approximate surface area is 216 Å². The summed E-state index contributed by atoms with van der Waals surface area (Å²) < 4.78 is 45.5. The number of rotatable bonds is 9. The number of ether oxygens (including phenoxy) is 1. The first-order valence-corrected chi connectivity index (χ1v) is 12.2. The van der Waals surface area contributed by atoms with Gasteiger partial charge in [-0.25, -0.2) is 0 Å². The molecule has 8 nitrogen and oxygen atoms in total. The molecule has 0 aliphatic carbocycles. The summed E-state index contributed by atoms with van der Waals surface area (Å²) in [6.45, 7) is 1.89. The number of nitrogens with zero attached hydrogens (tertiary/aromatic N) is 4. The summed E-state index contributed by atoms with van der Waals surface area (Å²) in [5.41, 5.74) is 1.33. The molecule has 198 valence electrons. The van der Waals surface area contributed by atoms with Gasteiger partial charge in [0.2, 0.25) is 0 Å². The minimum Gasteiger partial charge on any atom is -0.491 e. The predicted molar refractivity (Wildman–Crippen MR) is 132 cm³/mol. The lowest BCUT2D eigenvalue weighted by atomic mass is 9.89. The second kappa shape index (κ2) is 11.4. The van der Waals surface area contributed by atoms with E-state index >= 15 is 0 Å². The highest BCUT2D eigenvalue weighted by Gasteiger charge is 2.30. The lowest BCUT2D eigenvalue weighted by Crippen LogP contribution is -2.32. The number of hydrogen-bond acceptors (Lipinski definition) is 6. The largest absolute Gasteiger partial charge is 0.491 e. The van der Waals surface area contributed by atoms with Crippen molar-refractivity contribution in [2.75, 3.05) is 24.6 Å². The lowest BCUT2D eigenvalue weighted by molar-refractivity contribution is -0.389. The normalized spacial score (nSPS) is 15.5. The Hall–Kier alpha value is -3.31. The van der Waals surface area contributed by atoms with Crippen LogP contribution in [0, 0.1) is 10.1 Å². The number of aromatic nitrogens is 2. The molecule has 2 heterocycles. The van der Waals surface area contributed by atoms with Crippen molar-refractivity contribution in [3.05, 3.63) is 81.3 Å². The summed E-state index contributed by atoms with van der Waals surface area (Å²) >= 11 is 5.88. The Bertz CT molecular complexity index is 1190. The minimum absolute atomic E-state index is 0.0150. The zero-order valence-electron chi connectivity index (χ0n) is 19.8. The quantitative estimate of drug-likeness (QED) is 0.278. The number of benzene rings is 2. The number of nitro groups is 1. The van der Waals surface area contributed by atoms with Gasteiger partial charge in [-0.2, -0.15) is 13.2 Å². The Morgan fingerprint density at radius 1 is 1.14 bits per heavy atom. The van der Waals surface area contributed by atoms with Crippen LogP contribution in [0.4, 0.5) is 24.7 Å². The van der Waals surface area contributed by atoms with E-state index in [0.717, 1.165) is 49.3 Å². The molecule has 1 aliphatic rings. The van der Waals surface area contributed by atoms with Gasteiger partial charge in [-0.1, -0.05) is 12.1 Å². The fraction of sp³-hybridized carbons (Fsp3) is 0.400. The van der Waals surface area contributed by atoms with Crippen LogP contribution < -0.4 is 9.64 Å². The summed E-state index contributed by atoms with van der Waals surface area (Å²) in [5, 5.41) is 21.0. The van der Waals surface area contributed by atoms with Crippen molar-refractivity contribution in [2.24, 2.45) is 0 Å². The van der Waals surface area contributed by atoms with Gasteiger partial charge in [-0.05, 0) is 88.7 Å². The van der Waals surface area contributed by atoms with Gasteiger partial charge in [0.05, 0.1) is 11.7 Å². The Morgan fingerprint density at radius 2 is 1.78 bits per heavy atom. The average Bonchev–Trinajstić information content (AvgIpc) is 3.27. The second-order valence-corrected chi connectivity index (χ2v) is 9.29. The standard InChI is InChI=1S/C25H26ClF3N4O4/c26-24-30-23(33(35)36)15-32(24)14-11-21(34)16-37-22-7-5-20(6-8-22)31-12-9-18(10-13-31)17-1-3-19(4-2-17)25(27,28)29/h1-8,15,18,21,34H,9-14,16H2/t21-/m1/s1. The summed E-state index contributed by atoms with van der Waals surface area (Å²) in [7, 11) is 0. The fourth-order valence-electron chi connectivity index (χ4n) is 4.36. The molecule has 0 bridgehead atoms. The van der Waals surface area contributed by atoms with Crippen LogP contribution in [0.5, 0.6) is 5.75 Å². The zero-order chi connectivity index (χ0) is 26.6. The van der Waals surface area contributed by atoms with Crippen LogP contribution in [0.25, 0.3) is 0 Å². The van der Waals surface area contributed by atoms with Crippen LogP contribution in [0.3, 0.4) is 0 Å². The molecule has 1 aromatic heterocycles. The van der Waals surface area contributed by atoms with E-state index in [2.05, 4.69) is 9.88 Å². The van der Waals surface area contributed by atoms with Crippen molar-refractivity contribution in [3.63, 3.8) is 0 Å². The van der Waals surface area contributed by atoms with E-state index in [1.165, 1.54) is 10.8 Å². The van der Waals surface area contributed by atoms with Crippen molar-refractivity contribution >= 4 is 23.1 Å². The number of piperidine rings is 1. The molecule has 1 N–H and O–H groups in total. The van der Waals surface area contributed by atoms with Crippen LogP contribution in [0.2, 0.25) is 5.28 Å². The van der Waals surface area contributed by atoms with Crippen molar-refractivity contribution in [2.45, 2.75) is 44.0 Å². The first-order valence-electron chi connectivity index (χ1n) is 11.8. The first kappa shape index (κ1) is 26.7. The predicted octanol–water partition coefficient (Wildman–Crippen LogP) is 5.68. The molecule has 0 radical (unpaired) electrons. The van der Waals surface area contributed by atoms with Gasteiger partial charge in [0.25, 0.3) is 0 Å². The van der Waals surface area contributed by atoms with Gasteiger partial charge in [-0.3, -0.25) is 4.57 Å². The lowest BCUT2D eigenvalue weighted by Gasteiger charge is -2.34. The molecule has 1 fully saturated rings. The third-order valence-corrected chi connectivity index (χ3v) is 6.76. The number of anilines is 1. The zero-order valence-corrected chi connectivity index (χ0v) is 20.5. The Kier molecular flexibility index (Phi) is 8.23. The molecule has 4 rings (SSSR count). The number of alkyl halides is 3. The van der Waals surface area contributed by atoms with Gasteiger partial charge < -0.3 is 24.9 Å². The van der Waals surface area contributed by atoms with E-state index in [-0.39, 0.29) is 36.6 Å². The molecule has 0 spiro atoms. The Balaban J connectivity index is 1.22. The molecule has 1 saturated heterocycles. The number of halogens is 4. The molecular weight excluding hydrogens is 513 g/mol. The summed E-state index contributed by atoms with van der Waals surface area (Å²) in [6.07, 6.45) is -1.93. The first-order chi connectivity index (χ1) is 17.6. The molecule has 3 aromatic rings. The van der Waals surface area contributed by atoms with Crippen molar-refractivity contribution in [1.29, 1.82) is 0 Å². The molecule has 2 aromatic carbocycles. The molecule has 12 heteroatoms. The van der Waals surface area contributed by atoms with Gasteiger partial charge in [0.15, 0.2) is 0 Å². The van der Waals surface area contributed by atoms with E-state index in [0.29, 0.717) is 5.75 Å². The average molecular weight is 539 g/mol. The smallest absolute Gasteiger partial charge is 0.416 e. The van der Waals surface area contributed by atoms with E-state index in [9.17, 15) is 28.4 Å². The van der Waals surface area contributed by atoms with E-state index in [1.54, 1.807) is 12.1 Å². The third kappa shape index (κ3) is 6.92. The molecule has 1 atom stereocenters. The topological polar surface area (TPSA) is 93.7 Å². The van der Waals surface area contributed by atoms with Gasteiger partial charge in [-0.15, -0.1) is 0 Å². The third-order valence-electron chi connectivity index (χ3n) is 6.45. The van der Waals surface area contributed by atoms with Gasteiger partial charge >= 0.3 is 17.3 Å². The molecule has 37 heavy (non-hydrogen) atoms. The van der Waals surface area contributed by atoms with E-state index < -0.39 is 22.8 Å². The van der Waals surface area contributed by atoms with Crippen LogP contribution in [0.15, 0.2) is 54.7 Å². The molecule has 0 amide bonds. The maximum atomic E-state index is 12.8. The number of aryl methyl sites for hydroxylation is 1. The van der Waals surface area contributed by atoms with E-state index in [1.807, 2.05) is 24.3 Å². The summed E-state index contributed by atoms with van der Waals surface area (Å²) in [5.74, 6) is 0.476. The SMILES string of the molecule is O=[N+]([O-])c1cn(CC[C@@H](O)COc2ccc(N3CCC(c4ccc(C(F)(F)F)cc4)CC3)cc2)c(Cl)n1. The highest BCUT2D eigenvalue weighted by Crippen LogP contribution is 2.34. The second-order valence-electron chi connectivity index (χ2n) is 8.95. The number of hydrogen-bond donors (Lipinski definition) is 1. The number of aliphatic hydroxyl groups excluding tert-OH is 1. The maximum Gasteiger partial charge on any atom is 0.416 e. The maximum absolute atomic E-state index is 12.8. The van der Waals surface area contributed by atoms with Crippen LogP contribution in [-0.2, 0) is 12.7 Å². The van der Waals surface area contributed by atoms with Crippen molar-refractivity contribution in [3.8, 4) is 5.75 Å². The summed E-state index contributed by atoms with van der Waals surface area (Å²) in [4.78, 5) is 16.0. The summed E-state index contributed by atoms with van der Waals surface area (Å²) in [6, 6.07) is 13.0.